The highest BCUT2D eigenvalue weighted by atomic mass is 32.1. The summed E-state index contributed by atoms with van der Waals surface area (Å²) in [5.41, 5.74) is 4.00. The number of hydrogen-bond donors (Lipinski definition) is 2. The summed E-state index contributed by atoms with van der Waals surface area (Å²) in [6.07, 6.45) is 0. The number of aryl methyl sites for hydroxylation is 1. The van der Waals surface area contributed by atoms with Crippen LogP contribution in [0.4, 0.5) is 11.5 Å². The van der Waals surface area contributed by atoms with Gasteiger partial charge in [-0.1, -0.05) is 48.0 Å². The van der Waals surface area contributed by atoms with Crippen molar-refractivity contribution in [2.24, 2.45) is 0 Å². The van der Waals surface area contributed by atoms with Crippen LogP contribution in [0.5, 0.6) is 0 Å². The van der Waals surface area contributed by atoms with Crippen molar-refractivity contribution in [1.82, 2.24) is 10.2 Å². The van der Waals surface area contributed by atoms with Crippen molar-refractivity contribution in [1.29, 1.82) is 0 Å². The fraction of sp³-hybridized carbons (Fsp3) is 0.0556. The monoisotopic (exact) mass is 320 g/mol. The van der Waals surface area contributed by atoms with E-state index in [4.69, 9.17) is 12.2 Å². The normalized spacial score (nSPS) is 10.1. The number of hydrogen-bond acceptors (Lipinski definition) is 3. The molecule has 0 fully saturated rings. The first kappa shape index (κ1) is 15.1. The van der Waals surface area contributed by atoms with Gasteiger partial charge >= 0.3 is 0 Å². The Morgan fingerprint density at radius 2 is 1.57 bits per heavy atom. The van der Waals surface area contributed by atoms with Crippen molar-refractivity contribution < 1.29 is 0 Å². The summed E-state index contributed by atoms with van der Waals surface area (Å²) < 4.78 is 0. The predicted molar refractivity (Wildman–Crippen MR) is 98.5 cm³/mol. The Labute approximate surface area is 140 Å². The summed E-state index contributed by atoms with van der Waals surface area (Å²) in [6, 6.07) is 21.7. The molecule has 0 atom stereocenters. The molecule has 2 N–H and O–H groups in total. The average Bonchev–Trinajstić information content (AvgIpc) is 2.58. The van der Waals surface area contributed by atoms with Crippen LogP contribution in [0.25, 0.3) is 11.3 Å². The van der Waals surface area contributed by atoms with Gasteiger partial charge in [0.25, 0.3) is 0 Å². The lowest BCUT2D eigenvalue weighted by Gasteiger charge is -2.10. The topological polar surface area (TPSA) is 49.8 Å². The first-order valence-electron chi connectivity index (χ1n) is 7.24. The lowest BCUT2D eigenvalue weighted by Crippen LogP contribution is -2.19. The summed E-state index contributed by atoms with van der Waals surface area (Å²) in [7, 11) is 0. The smallest absolute Gasteiger partial charge is 0.176 e. The Kier molecular flexibility index (Phi) is 4.59. The average molecular weight is 320 g/mol. The molecule has 23 heavy (non-hydrogen) atoms. The lowest BCUT2D eigenvalue weighted by atomic mass is 10.1. The quantitative estimate of drug-likeness (QED) is 0.706. The minimum absolute atomic E-state index is 0.482. The molecule has 0 radical (unpaired) electrons. The van der Waals surface area contributed by atoms with Crippen molar-refractivity contribution in [3.8, 4) is 11.3 Å². The summed E-state index contributed by atoms with van der Waals surface area (Å²) >= 11 is 5.29. The van der Waals surface area contributed by atoms with Gasteiger partial charge in [-0.05, 0) is 43.4 Å². The van der Waals surface area contributed by atoms with E-state index in [1.54, 1.807) is 0 Å². The molecule has 3 rings (SSSR count). The number of aromatic nitrogens is 2. The van der Waals surface area contributed by atoms with Gasteiger partial charge in [-0.25, -0.2) is 0 Å². The van der Waals surface area contributed by atoms with E-state index in [0.29, 0.717) is 10.9 Å². The van der Waals surface area contributed by atoms with Crippen LogP contribution in [-0.4, -0.2) is 15.3 Å². The molecule has 0 unspecified atom stereocenters. The zero-order valence-corrected chi connectivity index (χ0v) is 13.5. The molecule has 5 heteroatoms. The standard InChI is InChI=1S/C18H16N4S/c1-13-7-9-15(10-8-13)19-18(23)20-17-12-11-16(21-22-17)14-5-3-2-4-6-14/h2-12H,1H3,(H2,19,20,22,23). The number of anilines is 2. The van der Waals surface area contributed by atoms with Crippen LogP contribution >= 0.6 is 12.2 Å². The molecular weight excluding hydrogens is 304 g/mol. The first-order valence-corrected chi connectivity index (χ1v) is 7.65. The van der Waals surface area contributed by atoms with Gasteiger partial charge in [-0.3, -0.25) is 0 Å². The fourth-order valence-corrected chi connectivity index (χ4v) is 2.30. The Balaban J connectivity index is 1.64. The van der Waals surface area contributed by atoms with Crippen LogP contribution in [0.15, 0.2) is 66.7 Å². The van der Waals surface area contributed by atoms with E-state index in [1.807, 2.05) is 73.7 Å². The van der Waals surface area contributed by atoms with E-state index in [-0.39, 0.29) is 0 Å². The van der Waals surface area contributed by atoms with E-state index in [2.05, 4.69) is 20.8 Å². The number of nitrogens with zero attached hydrogens (tertiary/aromatic N) is 2. The second kappa shape index (κ2) is 6.98. The van der Waals surface area contributed by atoms with Crippen molar-refractivity contribution in [3.63, 3.8) is 0 Å². The molecule has 0 bridgehead atoms. The van der Waals surface area contributed by atoms with Crippen molar-refractivity contribution in [2.45, 2.75) is 6.92 Å². The number of nitrogens with one attached hydrogen (secondary N) is 2. The zero-order valence-electron chi connectivity index (χ0n) is 12.7. The lowest BCUT2D eigenvalue weighted by molar-refractivity contribution is 1.05. The molecule has 2 aromatic carbocycles. The minimum Gasteiger partial charge on any atom is -0.332 e. The molecule has 0 aliphatic carbocycles. The van der Waals surface area contributed by atoms with Crippen molar-refractivity contribution >= 4 is 28.8 Å². The van der Waals surface area contributed by atoms with Gasteiger partial charge in [0.1, 0.15) is 0 Å². The molecule has 114 valence electrons. The van der Waals surface area contributed by atoms with Crippen LogP contribution in [0.3, 0.4) is 0 Å². The molecule has 1 heterocycles. The summed E-state index contributed by atoms with van der Waals surface area (Å²) in [5.74, 6) is 0.606. The SMILES string of the molecule is Cc1ccc(NC(=S)Nc2ccc(-c3ccccc3)nn2)cc1. The highest BCUT2D eigenvalue weighted by Gasteiger charge is 2.03. The molecule has 1 aromatic heterocycles. The molecule has 0 saturated carbocycles. The largest absolute Gasteiger partial charge is 0.332 e. The highest BCUT2D eigenvalue weighted by Crippen LogP contribution is 2.16. The van der Waals surface area contributed by atoms with E-state index in [0.717, 1.165) is 16.9 Å². The maximum Gasteiger partial charge on any atom is 0.176 e. The number of benzene rings is 2. The second-order valence-electron chi connectivity index (χ2n) is 5.11. The molecule has 0 spiro atoms. The highest BCUT2D eigenvalue weighted by molar-refractivity contribution is 7.80. The maximum atomic E-state index is 5.29. The second-order valence-corrected chi connectivity index (χ2v) is 5.52. The first-order chi connectivity index (χ1) is 11.2. The van der Waals surface area contributed by atoms with Gasteiger partial charge in [0.2, 0.25) is 0 Å². The van der Waals surface area contributed by atoms with Gasteiger partial charge in [-0.2, -0.15) is 0 Å². The molecule has 4 nitrogen and oxygen atoms in total. The van der Waals surface area contributed by atoms with Crippen LogP contribution < -0.4 is 10.6 Å². The molecule has 0 aliphatic rings. The van der Waals surface area contributed by atoms with Crippen LogP contribution in [0.2, 0.25) is 0 Å². The summed E-state index contributed by atoms with van der Waals surface area (Å²) in [5, 5.41) is 15.0. The maximum absolute atomic E-state index is 5.29. The third kappa shape index (κ3) is 4.11. The van der Waals surface area contributed by atoms with Gasteiger partial charge in [0.15, 0.2) is 10.9 Å². The van der Waals surface area contributed by atoms with Gasteiger partial charge in [0.05, 0.1) is 5.69 Å². The fourth-order valence-electron chi connectivity index (χ4n) is 2.08. The molecule has 0 amide bonds. The van der Waals surface area contributed by atoms with Gasteiger partial charge in [-0.15, -0.1) is 10.2 Å². The number of thiocarbonyl (C=S) groups is 1. The zero-order chi connectivity index (χ0) is 16.1. The van der Waals surface area contributed by atoms with E-state index < -0.39 is 0 Å². The predicted octanol–water partition coefficient (Wildman–Crippen LogP) is 4.26. The van der Waals surface area contributed by atoms with Crippen LogP contribution in [0, 0.1) is 6.92 Å². The molecule has 0 aliphatic heterocycles. The summed E-state index contributed by atoms with van der Waals surface area (Å²) in [4.78, 5) is 0. The van der Waals surface area contributed by atoms with E-state index >= 15 is 0 Å². The summed E-state index contributed by atoms with van der Waals surface area (Å²) in [6.45, 7) is 2.05. The van der Waals surface area contributed by atoms with E-state index in [9.17, 15) is 0 Å². The Morgan fingerprint density at radius 1 is 0.826 bits per heavy atom. The van der Waals surface area contributed by atoms with Crippen LogP contribution in [-0.2, 0) is 0 Å². The van der Waals surface area contributed by atoms with Crippen LogP contribution in [0.1, 0.15) is 5.56 Å². The number of rotatable bonds is 3. The minimum atomic E-state index is 0.482. The molecular formula is C18H16N4S. The van der Waals surface area contributed by atoms with E-state index in [1.165, 1.54) is 5.56 Å². The molecule has 0 saturated heterocycles. The van der Waals surface area contributed by atoms with Gasteiger partial charge < -0.3 is 10.6 Å². The van der Waals surface area contributed by atoms with Gasteiger partial charge in [0, 0.05) is 11.3 Å². The Hall–Kier alpha value is -2.79. The van der Waals surface area contributed by atoms with Crippen molar-refractivity contribution in [2.75, 3.05) is 10.6 Å². The van der Waals surface area contributed by atoms with Crippen molar-refractivity contribution in [3.05, 3.63) is 72.3 Å². The molecule has 3 aromatic rings. The Morgan fingerprint density at radius 3 is 2.22 bits per heavy atom. The third-order valence-corrected chi connectivity index (χ3v) is 3.49. The Bertz CT molecular complexity index is 784. The third-order valence-electron chi connectivity index (χ3n) is 3.29.